The number of nitrogens with one attached hydrogen (secondary N) is 2. The summed E-state index contributed by atoms with van der Waals surface area (Å²) in [6, 6.07) is 7.29. The van der Waals surface area contributed by atoms with Crippen molar-refractivity contribution in [3.8, 4) is 5.75 Å². The molecule has 1 atom stereocenters. The molecule has 0 aromatic heterocycles. The average molecular weight is 471 g/mol. The highest BCUT2D eigenvalue weighted by Crippen LogP contribution is 2.30. The largest absolute Gasteiger partial charge is 0.494 e. The summed E-state index contributed by atoms with van der Waals surface area (Å²) in [6.07, 6.45) is 6.21. The first-order valence-corrected chi connectivity index (χ1v) is 12.8. The number of piperidine rings is 2. The van der Waals surface area contributed by atoms with Crippen LogP contribution in [0.1, 0.15) is 57.6 Å². The molecule has 0 bridgehead atoms. The second-order valence-corrected chi connectivity index (χ2v) is 9.25. The zero-order valence-electron chi connectivity index (χ0n) is 20.5. The number of likely N-dealkylation sites (tertiary alicyclic amines) is 2. The van der Waals surface area contributed by atoms with Crippen LogP contribution < -0.4 is 15.4 Å². The van der Waals surface area contributed by atoms with Crippen LogP contribution in [0.15, 0.2) is 35.5 Å². The number of carbonyl (C=O) groups excluding carboxylic acids is 2. The molecule has 0 spiro atoms. The van der Waals surface area contributed by atoms with E-state index in [4.69, 9.17) is 9.47 Å². The third-order valence-corrected chi connectivity index (χ3v) is 7.02. The summed E-state index contributed by atoms with van der Waals surface area (Å²) in [5.74, 6) is 0.358. The predicted molar refractivity (Wildman–Crippen MR) is 131 cm³/mol. The summed E-state index contributed by atoms with van der Waals surface area (Å²) < 4.78 is 11.0. The molecule has 1 unspecified atom stereocenters. The maximum Gasteiger partial charge on any atom is 0.338 e. The molecule has 0 radical (unpaired) electrons. The Morgan fingerprint density at radius 1 is 1.00 bits per heavy atom. The predicted octanol–water partition coefficient (Wildman–Crippen LogP) is 3.21. The molecule has 0 saturated carbocycles. The van der Waals surface area contributed by atoms with Crippen LogP contribution in [-0.4, -0.2) is 73.8 Å². The Labute approximate surface area is 202 Å². The summed E-state index contributed by atoms with van der Waals surface area (Å²) in [5.41, 5.74) is 1.93. The summed E-state index contributed by atoms with van der Waals surface area (Å²) >= 11 is 0. The fourth-order valence-electron chi connectivity index (χ4n) is 5.32. The van der Waals surface area contributed by atoms with Gasteiger partial charge in [-0.05, 0) is 70.3 Å². The molecule has 1 aromatic carbocycles. The zero-order chi connectivity index (χ0) is 23.9. The number of esters is 1. The van der Waals surface area contributed by atoms with E-state index in [-0.39, 0.29) is 12.6 Å². The van der Waals surface area contributed by atoms with Crippen LogP contribution in [-0.2, 0) is 9.53 Å². The van der Waals surface area contributed by atoms with Crippen molar-refractivity contribution in [3.63, 3.8) is 0 Å². The molecule has 2 saturated heterocycles. The first-order chi connectivity index (χ1) is 16.6. The van der Waals surface area contributed by atoms with Gasteiger partial charge < -0.3 is 25.0 Å². The molecular formula is C26H38N4O4. The van der Waals surface area contributed by atoms with Gasteiger partial charge in [-0.25, -0.2) is 9.59 Å². The third kappa shape index (κ3) is 5.91. The molecule has 186 valence electrons. The third-order valence-electron chi connectivity index (χ3n) is 7.02. The van der Waals surface area contributed by atoms with E-state index in [0.29, 0.717) is 30.5 Å². The molecular weight excluding hydrogens is 432 g/mol. The molecule has 34 heavy (non-hydrogen) atoms. The number of hydrogen-bond acceptors (Lipinski definition) is 6. The Kier molecular flexibility index (Phi) is 8.45. The molecule has 2 N–H and O–H groups in total. The van der Waals surface area contributed by atoms with Crippen molar-refractivity contribution in [1.82, 2.24) is 20.4 Å². The topological polar surface area (TPSA) is 83.1 Å². The lowest BCUT2D eigenvalue weighted by molar-refractivity contribution is -0.139. The molecule has 2 fully saturated rings. The SMILES string of the molecule is CCOC(=O)C1=C(CN2CCC(N3CCCCC3)CC2)NC(=O)NC1c1ccc(OCC)cc1. The van der Waals surface area contributed by atoms with Crippen molar-refractivity contribution >= 4 is 12.0 Å². The van der Waals surface area contributed by atoms with Gasteiger partial charge in [0.05, 0.1) is 24.8 Å². The van der Waals surface area contributed by atoms with Gasteiger partial charge in [-0.1, -0.05) is 18.6 Å². The molecule has 0 aliphatic carbocycles. The molecule has 1 aromatic rings. The van der Waals surface area contributed by atoms with Gasteiger partial charge in [-0.3, -0.25) is 4.90 Å². The number of nitrogens with zero attached hydrogens (tertiary/aromatic N) is 2. The van der Waals surface area contributed by atoms with Crippen LogP contribution in [0.2, 0.25) is 0 Å². The minimum Gasteiger partial charge on any atom is -0.494 e. The lowest BCUT2D eigenvalue weighted by atomic mass is 9.94. The minimum absolute atomic E-state index is 0.279. The molecule has 3 aliphatic rings. The van der Waals surface area contributed by atoms with Crippen molar-refractivity contribution in [2.45, 2.75) is 58.0 Å². The van der Waals surface area contributed by atoms with E-state index in [1.54, 1.807) is 6.92 Å². The van der Waals surface area contributed by atoms with Crippen molar-refractivity contribution < 1.29 is 19.1 Å². The van der Waals surface area contributed by atoms with E-state index < -0.39 is 12.0 Å². The summed E-state index contributed by atoms with van der Waals surface area (Å²) in [4.78, 5) is 30.6. The highest BCUT2D eigenvalue weighted by atomic mass is 16.5. The highest BCUT2D eigenvalue weighted by Gasteiger charge is 2.35. The number of amides is 2. The lowest BCUT2D eigenvalue weighted by Crippen LogP contribution is -2.51. The fraction of sp³-hybridized carbons (Fsp3) is 0.615. The van der Waals surface area contributed by atoms with Crippen LogP contribution in [0.3, 0.4) is 0 Å². The van der Waals surface area contributed by atoms with Gasteiger partial charge >= 0.3 is 12.0 Å². The first-order valence-electron chi connectivity index (χ1n) is 12.8. The van der Waals surface area contributed by atoms with E-state index in [2.05, 4.69) is 20.4 Å². The van der Waals surface area contributed by atoms with E-state index in [0.717, 1.165) is 37.2 Å². The standard InChI is InChI=1S/C26H38N4O4/c1-3-33-21-10-8-19(9-11-21)24-23(25(31)34-4-2)22(27-26(32)28-24)18-29-16-12-20(13-17-29)30-14-6-5-7-15-30/h8-11,20,24H,3-7,12-18H2,1-2H3,(H2,27,28,32). The van der Waals surface area contributed by atoms with Crippen LogP contribution >= 0.6 is 0 Å². The Morgan fingerprint density at radius 2 is 1.71 bits per heavy atom. The number of benzene rings is 1. The minimum atomic E-state index is -0.565. The summed E-state index contributed by atoms with van der Waals surface area (Å²) in [7, 11) is 0. The number of carbonyl (C=O) groups is 2. The smallest absolute Gasteiger partial charge is 0.338 e. The van der Waals surface area contributed by atoms with Gasteiger partial charge in [0.2, 0.25) is 0 Å². The maximum absolute atomic E-state index is 13.0. The van der Waals surface area contributed by atoms with Gasteiger partial charge in [-0.15, -0.1) is 0 Å². The van der Waals surface area contributed by atoms with Crippen LogP contribution in [0.25, 0.3) is 0 Å². The quantitative estimate of drug-likeness (QED) is 0.568. The zero-order valence-corrected chi connectivity index (χ0v) is 20.5. The number of urea groups is 1. The first kappa shape index (κ1) is 24.5. The van der Waals surface area contributed by atoms with Gasteiger partial charge in [0, 0.05) is 31.4 Å². The average Bonchev–Trinajstić information content (AvgIpc) is 2.85. The van der Waals surface area contributed by atoms with Gasteiger partial charge in [0.1, 0.15) is 5.75 Å². The van der Waals surface area contributed by atoms with Gasteiger partial charge in [0.15, 0.2) is 0 Å². The molecule has 4 rings (SSSR count). The Morgan fingerprint density at radius 3 is 2.35 bits per heavy atom. The van der Waals surface area contributed by atoms with E-state index >= 15 is 0 Å². The second-order valence-electron chi connectivity index (χ2n) is 9.25. The monoisotopic (exact) mass is 470 g/mol. The number of ether oxygens (including phenoxy) is 2. The highest BCUT2D eigenvalue weighted by molar-refractivity contribution is 5.95. The van der Waals surface area contributed by atoms with Crippen molar-refractivity contribution in [3.05, 3.63) is 41.1 Å². The lowest BCUT2D eigenvalue weighted by Gasteiger charge is -2.41. The van der Waals surface area contributed by atoms with E-state index in [1.165, 1.54) is 32.4 Å². The molecule has 3 heterocycles. The maximum atomic E-state index is 13.0. The van der Waals surface area contributed by atoms with E-state index in [9.17, 15) is 9.59 Å². The normalized spacial score (nSPS) is 22.8. The van der Waals surface area contributed by atoms with Crippen molar-refractivity contribution in [1.29, 1.82) is 0 Å². The van der Waals surface area contributed by atoms with Gasteiger partial charge in [-0.2, -0.15) is 0 Å². The Bertz CT molecular complexity index is 871. The number of hydrogen-bond donors (Lipinski definition) is 2. The van der Waals surface area contributed by atoms with Crippen molar-refractivity contribution in [2.24, 2.45) is 0 Å². The summed E-state index contributed by atoms with van der Waals surface area (Å²) in [6.45, 7) is 9.46. The molecule has 2 amide bonds. The van der Waals surface area contributed by atoms with E-state index in [1.807, 2.05) is 31.2 Å². The summed E-state index contributed by atoms with van der Waals surface area (Å²) in [5, 5.41) is 5.83. The Hall–Kier alpha value is -2.58. The second kappa shape index (κ2) is 11.7. The molecule has 8 nitrogen and oxygen atoms in total. The number of rotatable bonds is 8. The van der Waals surface area contributed by atoms with Crippen LogP contribution in [0.5, 0.6) is 5.75 Å². The van der Waals surface area contributed by atoms with Crippen LogP contribution in [0, 0.1) is 0 Å². The molecule has 8 heteroatoms. The van der Waals surface area contributed by atoms with Crippen LogP contribution in [0.4, 0.5) is 4.79 Å². The van der Waals surface area contributed by atoms with Crippen molar-refractivity contribution in [2.75, 3.05) is 45.9 Å². The fourth-order valence-corrected chi connectivity index (χ4v) is 5.32. The molecule has 3 aliphatic heterocycles. The Balaban J connectivity index is 1.51. The van der Waals surface area contributed by atoms with Gasteiger partial charge in [0.25, 0.3) is 0 Å².